The number of carbonyl (C=O) groups is 1. The highest BCUT2D eigenvalue weighted by Gasteiger charge is 2.18. The Balaban J connectivity index is 2.63. The van der Waals surface area contributed by atoms with Crippen LogP contribution in [0.3, 0.4) is 0 Å². The van der Waals surface area contributed by atoms with E-state index in [4.69, 9.17) is 5.73 Å². The molecule has 6 nitrogen and oxygen atoms in total. The molecule has 0 bridgehead atoms. The van der Waals surface area contributed by atoms with Crippen molar-refractivity contribution in [3.63, 3.8) is 0 Å². The summed E-state index contributed by atoms with van der Waals surface area (Å²) < 4.78 is 1.67. The van der Waals surface area contributed by atoms with Gasteiger partial charge in [0.1, 0.15) is 5.82 Å². The second-order valence-electron chi connectivity index (χ2n) is 5.62. The Kier molecular flexibility index (Phi) is 5.89. The molecule has 6 heteroatoms. The first-order valence-electron chi connectivity index (χ1n) is 8.05. The largest absolute Gasteiger partial charge is 0.351 e. The van der Waals surface area contributed by atoms with Crippen LogP contribution < -0.4 is 11.1 Å². The third-order valence-corrected chi connectivity index (χ3v) is 3.49. The molecule has 2 amide bonds. The lowest BCUT2D eigenvalue weighted by Crippen LogP contribution is -2.21. The molecule has 2 aromatic rings. The zero-order valence-electron chi connectivity index (χ0n) is 14.8. The summed E-state index contributed by atoms with van der Waals surface area (Å²) in [7, 11) is 0. The van der Waals surface area contributed by atoms with Crippen LogP contribution >= 0.6 is 0 Å². The summed E-state index contributed by atoms with van der Waals surface area (Å²) >= 11 is 0. The number of urea groups is 1. The quantitative estimate of drug-likeness (QED) is 0.779. The number of allylic oxidation sites excluding steroid dienone is 3. The van der Waals surface area contributed by atoms with Crippen molar-refractivity contribution < 1.29 is 4.79 Å². The molecule has 0 unspecified atom stereocenters. The van der Waals surface area contributed by atoms with Crippen molar-refractivity contribution in [3.05, 3.63) is 59.9 Å². The summed E-state index contributed by atoms with van der Waals surface area (Å²) in [6.45, 7) is 9.55. The molecule has 1 aromatic heterocycles. The summed E-state index contributed by atoms with van der Waals surface area (Å²) in [5, 5.41) is 7.36. The van der Waals surface area contributed by atoms with Crippen molar-refractivity contribution in [1.82, 2.24) is 9.78 Å². The Morgan fingerprint density at radius 3 is 2.64 bits per heavy atom. The van der Waals surface area contributed by atoms with Gasteiger partial charge in [0.2, 0.25) is 0 Å². The number of amides is 2. The summed E-state index contributed by atoms with van der Waals surface area (Å²) in [4.78, 5) is 15.7. The van der Waals surface area contributed by atoms with Crippen molar-refractivity contribution in [2.24, 2.45) is 10.7 Å². The van der Waals surface area contributed by atoms with Crippen LogP contribution in [0.1, 0.15) is 31.5 Å². The number of aromatic nitrogens is 2. The van der Waals surface area contributed by atoms with Gasteiger partial charge in [0.25, 0.3) is 0 Å². The van der Waals surface area contributed by atoms with Gasteiger partial charge in [-0.1, -0.05) is 37.8 Å². The van der Waals surface area contributed by atoms with Gasteiger partial charge in [-0.2, -0.15) is 5.10 Å². The number of anilines is 1. The number of carbonyl (C=O) groups excluding carboxylic acids is 1. The van der Waals surface area contributed by atoms with E-state index in [0.29, 0.717) is 11.5 Å². The van der Waals surface area contributed by atoms with Gasteiger partial charge in [0.15, 0.2) is 0 Å². The van der Waals surface area contributed by atoms with Crippen molar-refractivity contribution in [2.45, 2.75) is 27.2 Å². The van der Waals surface area contributed by atoms with E-state index in [1.165, 1.54) is 0 Å². The maximum absolute atomic E-state index is 11.4. The van der Waals surface area contributed by atoms with Crippen molar-refractivity contribution in [2.75, 3.05) is 5.32 Å². The lowest BCUT2D eigenvalue weighted by atomic mass is 10.1. The molecule has 0 atom stereocenters. The first-order valence-corrected chi connectivity index (χ1v) is 8.05. The van der Waals surface area contributed by atoms with Gasteiger partial charge >= 0.3 is 6.03 Å². The van der Waals surface area contributed by atoms with E-state index < -0.39 is 6.03 Å². The number of aliphatic imine (C=N–C) groups is 1. The van der Waals surface area contributed by atoms with Crippen LogP contribution in [0.5, 0.6) is 0 Å². The Morgan fingerprint density at radius 2 is 2.08 bits per heavy atom. The molecule has 130 valence electrons. The van der Waals surface area contributed by atoms with Crippen LogP contribution in [0.2, 0.25) is 0 Å². The first kappa shape index (κ1) is 18.2. The number of hydrogen-bond donors (Lipinski definition) is 2. The molecule has 1 aromatic carbocycles. The molecule has 0 spiro atoms. The fourth-order valence-corrected chi connectivity index (χ4v) is 2.40. The summed E-state index contributed by atoms with van der Waals surface area (Å²) in [5.41, 5.74) is 9.29. The molecule has 0 aliphatic heterocycles. The number of rotatable bonds is 6. The number of benzene rings is 1. The second kappa shape index (κ2) is 8.10. The maximum Gasteiger partial charge on any atom is 0.317 e. The fraction of sp³-hybridized carbons (Fsp3) is 0.211. The molecule has 0 saturated heterocycles. The molecular weight excluding hydrogens is 314 g/mol. The molecule has 0 fully saturated rings. The zero-order chi connectivity index (χ0) is 18.4. The Bertz CT molecular complexity index is 831. The lowest BCUT2D eigenvalue weighted by Gasteiger charge is -2.07. The summed E-state index contributed by atoms with van der Waals surface area (Å²) in [5.74, 6) is 0.541. The van der Waals surface area contributed by atoms with E-state index in [9.17, 15) is 4.79 Å². The van der Waals surface area contributed by atoms with Crippen LogP contribution in [-0.4, -0.2) is 22.0 Å². The van der Waals surface area contributed by atoms with Crippen molar-refractivity contribution in [3.8, 4) is 5.69 Å². The number of primary amides is 1. The predicted molar refractivity (Wildman–Crippen MR) is 103 cm³/mol. The van der Waals surface area contributed by atoms with Gasteiger partial charge in [-0.3, -0.25) is 10.3 Å². The zero-order valence-corrected chi connectivity index (χ0v) is 14.8. The number of nitrogens with two attached hydrogens (primary N) is 1. The SMILES string of the molecule is C=C(C)N=C/C(=C\CC)c1nn(-c2ccccc2)c(NC(N)=O)c1C. The van der Waals surface area contributed by atoms with Gasteiger partial charge in [-0.15, -0.1) is 0 Å². The highest BCUT2D eigenvalue weighted by Crippen LogP contribution is 2.27. The fourth-order valence-electron chi connectivity index (χ4n) is 2.40. The van der Waals surface area contributed by atoms with E-state index in [0.717, 1.165) is 28.9 Å². The minimum Gasteiger partial charge on any atom is -0.351 e. The number of nitrogens with one attached hydrogen (secondary N) is 1. The second-order valence-corrected chi connectivity index (χ2v) is 5.62. The van der Waals surface area contributed by atoms with Crippen LogP contribution in [0, 0.1) is 6.92 Å². The smallest absolute Gasteiger partial charge is 0.317 e. The van der Waals surface area contributed by atoms with Gasteiger partial charge < -0.3 is 5.73 Å². The van der Waals surface area contributed by atoms with Crippen LogP contribution in [-0.2, 0) is 0 Å². The minimum absolute atomic E-state index is 0.541. The molecule has 0 radical (unpaired) electrons. The standard InChI is InChI=1S/C19H23N5O/c1-5-9-15(12-21-13(2)3)17-14(4)18(22-19(20)25)24(23-17)16-10-7-6-8-11-16/h6-12H,2,5H2,1,3-4H3,(H3,20,22,25)/b15-9+,21-12?. The van der Waals surface area contributed by atoms with E-state index in [-0.39, 0.29) is 0 Å². The molecule has 1 heterocycles. The highest BCUT2D eigenvalue weighted by atomic mass is 16.2. The maximum atomic E-state index is 11.4. The van der Waals surface area contributed by atoms with Crippen LogP contribution in [0.25, 0.3) is 11.3 Å². The van der Waals surface area contributed by atoms with E-state index in [1.807, 2.05) is 57.2 Å². The van der Waals surface area contributed by atoms with Crippen LogP contribution in [0.4, 0.5) is 10.6 Å². The van der Waals surface area contributed by atoms with Gasteiger partial charge in [0.05, 0.1) is 11.4 Å². The normalized spacial score (nSPS) is 11.7. The third kappa shape index (κ3) is 4.44. The van der Waals surface area contributed by atoms with E-state index in [1.54, 1.807) is 10.9 Å². The Labute approximate surface area is 147 Å². The van der Waals surface area contributed by atoms with Crippen LogP contribution in [0.15, 0.2) is 53.7 Å². The molecule has 3 N–H and O–H groups in total. The average Bonchev–Trinajstić information content (AvgIpc) is 2.88. The molecule has 0 aliphatic rings. The number of para-hydroxylation sites is 1. The third-order valence-electron chi connectivity index (χ3n) is 3.49. The predicted octanol–water partition coefficient (Wildman–Crippen LogP) is 4.07. The topological polar surface area (TPSA) is 85.3 Å². The average molecular weight is 337 g/mol. The number of hydrogen-bond acceptors (Lipinski definition) is 3. The lowest BCUT2D eigenvalue weighted by molar-refractivity contribution is 0.259. The molecule has 0 aliphatic carbocycles. The van der Waals surface area contributed by atoms with Gasteiger partial charge in [-0.25, -0.2) is 9.48 Å². The molecule has 25 heavy (non-hydrogen) atoms. The Hall–Kier alpha value is -3.15. The summed E-state index contributed by atoms with van der Waals surface area (Å²) in [6.07, 6.45) is 4.60. The minimum atomic E-state index is -0.636. The summed E-state index contributed by atoms with van der Waals surface area (Å²) in [6, 6.07) is 8.92. The van der Waals surface area contributed by atoms with E-state index >= 15 is 0 Å². The van der Waals surface area contributed by atoms with Crippen molar-refractivity contribution >= 4 is 23.6 Å². The van der Waals surface area contributed by atoms with Crippen molar-refractivity contribution in [1.29, 1.82) is 0 Å². The first-order chi connectivity index (χ1) is 11.9. The van der Waals surface area contributed by atoms with Gasteiger partial charge in [-0.05, 0) is 32.4 Å². The monoisotopic (exact) mass is 337 g/mol. The number of nitrogens with zero attached hydrogens (tertiary/aromatic N) is 3. The molecular formula is C19H23N5O. The Morgan fingerprint density at radius 1 is 1.40 bits per heavy atom. The van der Waals surface area contributed by atoms with Gasteiger partial charge in [0, 0.05) is 23.0 Å². The highest BCUT2D eigenvalue weighted by molar-refractivity contribution is 6.10. The molecule has 2 rings (SSSR count). The van der Waals surface area contributed by atoms with E-state index in [2.05, 4.69) is 22.0 Å². The molecule has 0 saturated carbocycles.